The standard InChI is InChI=1S/C26H37N3O4S2/c1-15(2)29(26(31)32)20-11-12-21(22(13-20)34-17(5)6)23-14-27-24(35-23)18-7-9-19(10-8-18)28-25(30)33-16(3)4/h11-19H,7-10H2,1-6H3,(H,28,30)(H,31,32). The van der Waals surface area contributed by atoms with E-state index in [1.54, 1.807) is 23.1 Å². The van der Waals surface area contributed by atoms with Crippen molar-refractivity contribution in [3.05, 3.63) is 29.4 Å². The molecule has 1 fully saturated rings. The van der Waals surface area contributed by atoms with Crippen LogP contribution in [0.15, 0.2) is 29.3 Å². The van der Waals surface area contributed by atoms with Gasteiger partial charge in [-0.1, -0.05) is 19.9 Å². The van der Waals surface area contributed by atoms with Gasteiger partial charge in [-0.05, 0) is 65.5 Å². The normalized spacial score (nSPS) is 18.2. The lowest BCUT2D eigenvalue weighted by molar-refractivity contribution is 0.109. The summed E-state index contributed by atoms with van der Waals surface area (Å²) in [5, 5.41) is 14.2. The third-order valence-electron chi connectivity index (χ3n) is 5.86. The number of ether oxygens (including phenoxy) is 1. The monoisotopic (exact) mass is 519 g/mol. The molecule has 1 saturated carbocycles. The van der Waals surface area contributed by atoms with Gasteiger partial charge < -0.3 is 15.2 Å². The van der Waals surface area contributed by atoms with Crippen molar-refractivity contribution in [1.82, 2.24) is 10.3 Å². The fourth-order valence-corrected chi connectivity index (χ4v) is 6.54. The van der Waals surface area contributed by atoms with E-state index in [0.717, 1.165) is 46.0 Å². The summed E-state index contributed by atoms with van der Waals surface area (Å²) in [4.78, 5) is 32.1. The van der Waals surface area contributed by atoms with Crippen LogP contribution in [0.1, 0.15) is 78.2 Å². The molecule has 0 aliphatic heterocycles. The van der Waals surface area contributed by atoms with Crippen molar-refractivity contribution in [1.29, 1.82) is 0 Å². The molecule has 1 aliphatic carbocycles. The van der Waals surface area contributed by atoms with E-state index in [9.17, 15) is 14.7 Å². The molecule has 2 aromatic rings. The highest BCUT2D eigenvalue weighted by Gasteiger charge is 2.27. The SMILES string of the molecule is CC(C)OC(=O)NC1CCC(c2ncc(-c3ccc(N(C(=O)O)C(C)C)cc3SC(C)C)s2)CC1. The van der Waals surface area contributed by atoms with E-state index in [2.05, 4.69) is 19.2 Å². The van der Waals surface area contributed by atoms with Crippen LogP contribution in [0.4, 0.5) is 15.3 Å². The molecule has 192 valence electrons. The number of carbonyl (C=O) groups is 2. The summed E-state index contributed by atoms with van der Waals surface area (Å²) in [6.45, 7) is 11.7. The lowest BCUT2D eigenvalue weighted by atomic mass is 9.86. The zero-order valence-corrected chi connectivity index (χ0v) is 23.0. The zero-order chi connectivity index (χ0) is 25.7. The molecule has 1 aromatic heterocycles. The average molecular weight is 520 g/mol. The maximum absolute atomic E-state index is 11.9. The maximum atomic E-state index is 11.9. The maximum Gasteiger partial charge on any atom is 0.412 e. The largest absolute Gasteiger partial charge is 0.465 e. The molecule has 0 saturated heterocycles. The number of amides is 2. The number of benzene rings is 1. The number of hydrogen-bond donors (Lipinski definition) is 2. The molecule has 0 bridgehead atoms. The molecular formula is C26H37N3O4S2. The minimum atomic E-state index is -0.948. The summed E-state index contributed by atoms with van der Waals surface area (Å²) in [6.07, 6.45) is 4.33. The van der Waals surface area contributed by atoms with Crippen LogP contribution in [0.25, 0.3) is 10.4 Å². The molecule has 1 heterocycles. The van der Waals surface area contributed by atoms with Gasteiger partial charge in [-0.15, -0.1) is 23.1 Å². The van der Waals surface area contributed by atoms with Crippen LogP contribution in [0.3, 0.4) is 0 Å². The first-order valence-corrected chi connectivity index (χ1v) is 14.0. The average Bonchev–Trinajstić information content (AvgIpc) is 3.23. The second kappa shape index (κ2) is 12.1. The molecule has 3 rings (SSSR count). The molecule has 1 aliphatic rings. The van der Waals surface area contributed by atoms with Gasteiger partial charge >= 0.3 is 12.2 Å². The third-order valence-corrected chi connectivity index (χ3v) is 8.11. The van der Waals surface area contributed by atoms with E-state index in [1.807, 2.05) is 52.1 Å². The molecule has 0 spiro atoms. The van der Waals surface area contributed by atoms with E-state index >= 15 is 0 Å². The lowest BCUT2D eigenvalue weighted by Crippen LogP contribution is -2.38. The number of carboxylic acid groups (broad SMARTS) is 1. The summed E-state index contributed by atoms with van der Waals surface area (Å²) in [7, 11) is 0. The van der Waals surface area contributed by atoms with Crippen LogP contribution in [-0.2, 0) is 4.74 Å². The Morgan fingerprint density at radius 2 is 1.83 bits per heavy atom. The molecule has 0 unspecified atom stereocenters. The van der Waals surface area contributed by atoms with Crippen LogP contribution < -0.4 is 10.2 Å². The summed E-state index contributed by atoms with van der Waals surface area (Å²) in [5.41, 5.74) is 1.78. The quantitative estimate of drug-likeness (QED) is 0.354. The molecule has 2 amide bonds. The van der Waals surface area contributed by atoms with Crippen LogP contribution in [0, 0.1) is 0 Å². The Morgan fingerprint density at radius 1 is 1.14 bits per heavy atom. The second-order valence-electron chi connectivity index (χ2n) is 9.80. The zero-order valence-electron chi connectivity index (χ0n) is 21.4. The minimum absolute atomic E-state index is 0.120. The van der Waals surface area contributed by atoms with Gasteiger partial charge in [0, 0.05) is 45.6 Å². The topological polar surface area (TPSA) is 91.8 Å². The van der Waals surface area contributed by atoms with Crippen LogP contribution in [0.5, 0.6) is 0 Å². The van der Waals surface area contributed by atoms with E-state index in [0.29, 0.717) is 16.9 Å². The number of anilines is 1. The second-order valence-corrected chi connectivity index (χ2v) is 12.5. The number of aromatic nitrogens is 1. The Hall–Kier alpha value is -2.26. The van der Waals surface area contributed by atoms with Crippen molar-refractivity contribution in [2.24, 2.45) is 0 Å². The summed E-state index contributed by atoms with van der Waals surface area (Å²) in [5.74, 6) is 0.386. The first kappa shape index (κ1) is 27.3. The Balaban J connectivity index is 1.75. The van der Waals surface area contributed by atoms with Gasteiger partial charge in [-0.25, -0.2) is 14.6 Å². The van der Waals surface area contributed by atoms with Crippen molar-refractivity contribution in [2.75, 3.05) is 4.90 Å². The molecule has 35 heavy (non-hydrogen) atoms. The number of thioether (sulfide) groups is 1. The molecule has 0 radical (unpaired) electrons. The third kappa shape index (κ3) is 7.36. The first-order valence-electron chi connectivity index (χ1n) is 12.3. The Kier molecular flexibility index (Phi) is 9.47. The van der Waals surface area contributed by atoms with Crippen molar-refractivity contribution in [3.8, 4) is 10.4 Å². The molecule has 0 atom stereocenters. The highest BCUT2D eigenvalue weighted by atomic mass is 32.2. The van der Waals surface area contributed by atoms with E-state index in [-0.39, 0.29) is 24.3 Å². The summed E-state index contributed by atoms with van der Waals surface area (Å²) >= 11 is 3.45. The molecular weight excluding hydrogens is 482 g/mol. The van der Waals surface area contributed by atoms with Gasteiger partial charge in [0.25, 0.3) is 0 Å². The number of rotatable bonds is 8. The van der Waals surface area contributed by atoms with Gasteiger partial charge in [0.05, 0.1) is 16.0 Å². The number of carbonyl (C=O) groups excluding carboxylic acids is 1. The van der Waals surface area contributed by atoms with E-state index < -0.39 is 6.09 Å². The fourth-order valence-electron chi connectivity index (χ4n) is 4.35. The number of nitrogens with one attached hydrogen (secondary N) is 1. The highest BCUT2D eigenvalue weighted by molar-refractivity contribution is 8.00. The van der Waals surface area contributed by atoms with Crippen molar-refractivity contribution < 1.29 is 19.4 Å². The van der Waals surface area contributed by atoms with Crippen LogP contribution in [0.2, 0.25) is 0 Å². The molecule has 1 aromatic carbocycles. The van der Waals surface area contributed by atoms with Crippen LogP contribution in [-0.4, -0.2) is 45.7 Å². The van der Waals surface area contributed by atoms with Crippen molar-refractivity contribution >= 4 is 41.0 Å². The van der Waals surface area contributed by atoms with Gasteiger partial charge in [0.15, 0.2) is 0 Å². The van der Waals surface area contributed by atoms with Crippen molar-refractivity contribution in [3.63, 3.8) is 0 Å². The van der Waals surface area contributed by atoms with Gasteiger partial charge in [0.1, 0.15) is 0 Å². The first-order chi connectivity index (χ1) is 16.5. The fraction of sp³-hybridized carbons (Fsp3) is 0.577. The predicted molar refractivity (Wildman–Crippen MR) is 144 cm³/mol. The predicted octanol–water partition coefficient (Wildman–Crippen LogP) is 7.36. The lowest BCUT2D eigenvalue weighted by Gasteiger charge is -2.28. The molecule has 2 N–H and O–H groups in total. The van der Waals surface area contributed by atoms with Crippen LogP contribution >= 0.6 is 23.1 Å². The minimum Gasteiger partial charge on any atom is -0.465 e. The summed E-state index contributed by atoms with van der Waals surface area (Å²) < 4.78 is 5.21. The number of alkyl carbamates (subject to hydrolysis) is 1. The van der Waals surface area contributed by atoms with E-state index in [4.69, 9.17) is 9.72 Å². The number of nitrogens with zero attached hydrogens (tertiary/aromatic N) is 2. The number of hydrogen-bond acceptors (Lipinski definition) is 6. The molecule has 9 heteroatoms. The number of thiazole rings is 1. The highest BCUT2D eigenvalue weighted by Crippen LogP contribution is 2.42. The molecule has 7 nitrogen and oxygen atoms in total. The van der Waals surface area contributed by atoms with Gasteiger partial charge in [0.2, 0.25) is 0 Å². The smallest absolute Gasteiger partial charge is 0.412 e. The van der Waals surface area contributed by atoms with Gasteiger partial charge in [-0.2, -0.15) is 0 Å². The van der Waals surface area contributed by atoms with Crippen molar-refractivity contribution in [2.45, 2.75) is 101 Å². The van der Waals surface area contributed by atoms with Gasteiger partial charge in [-0.3, -0.25) is 4.90 Å². The van der Waals surface area contributed by atoms with E-state index in [1.165, 1.54) is 4.90 Å². The Labute approximate surface area is 216 Å². The summed E-state index contributed by atoms with van der Waals surface area (Å²) in [6, 6.07) is 5.90. The Morgan fingerprint density at radius 3 is 2.40 bits per heavy atom. The Bertz CT molecular complexity index is 1010.